The van der Waals surface area contributed by atoms with Crippen LogP contribution < -0.4 is 5.32 Å². The van der Waals surface area contributed by atoms with Crippen molar-refractivity contribution in [3.8, 4) is 0 Å². The Bertz CT molecular complexity index is 510. The molecule has 2 rings (SSSR count). The Morgan fingerprint density at radius 3 is 2.62 bits per heavy atom. The maximum absolute atomic E-state index is 11.0. The van der Waals surface area contributed by atoms with Crippen molar-refractivity contribution in [2.45, 2.75) is 6.54 Å². The van der Waals surface area contributed by atoms with Crippen LogP contribution in [-0.4, -0.2) is 11.8 Å². The Labute approximate surface area is 99.2 Å². The second kappa shape index (κ2) is 4.99. The van der Waals surface area contributed by atoms with Gasteiger partial charge in [0.25, 0.3) is 0 Å². The van der Waals surface area contributed by atoms with E-state index < -0.39 is 0 Å². The monoisotopic (exact) mass is 233 g/mol. The van der Waals surface area contributed by atoms with Crippen molar-refractivity contribution in [2.75, 3.05) is 5.88 Å². The predicted octanol–water partition coefficient (Wildman–Crippen LogP) is 2.69. The minimum Gasteiger partial charge on any atom is -0.351 e. The molecule has 2 aromatic rings. The standard InChI is InChI=1S/C13H12ClNO/c14-8-13(16)15-9-10-5-6-11-3-1-2-4-12(11)7-10/h1-7H,8-9H2,(H,15,16). The van der Waals surface area contributed by atoms with E-state index in [1.165, 1.54) is 10.8 Å². The highest BCUT2D eigenvalue weighted by Gasteiger charge is 1.99. The number of benzene rings is 2. The molecule has 0 heterocycles. The number of hydrogen-bond acceptors (Lipinski definition) is 1. The molecule has 0 aliphatic heterocycles. The van der Waals surface area contributed by atoms with Crippen LogP contribution in [-0.2, 0) is 11.3 Å². The lowest BCUT2D eigenvalue weighted by molar-refractivity contribution is -0.118. The highest BCUT2D eigenvalue weighted by atomic mass is 35.5. The van der Waals surface area contributed by atoms with E-state index >= 15 is 0 Å². The van der Waals surface area contributed by atoms with Gasteiger partial charge >= 0.3 is 0 Å². The number of halogens is 1. The lowest BCUT2D eigenvalue weighted by Crippen LogP contribution is -2.23. The van der Waals surface area contributed by atoms with Gasteiger partial charge in [0.1, 0.15) is 5.88 Å². The topological polar surface area (TPSA) is 29.1 Å². The number of alkyl halides is 1. The van der Waals surface area contributed by atoms with Gasteiger partial charge in [-0.2, -0.15) is 0 Å². The van der Waals surface area contributed by atoms with Crippen molar-refractivity contribution < 1.29 is 4.79 Å². The van der Waals surface area contributed by atoms with Crippen LogP contribution in [0.4, 0.5) is 0 Å². The first-order valence-electron chi connectivity index (χ1n) is 5.10. The number of fused-ring (bicyclic) bond motifs is 1. The maximum atomic E-state index is 11.0. The van der Waals surface area contributed by atoms with Crippen molar-refractivity contribution in [3.05, 3.63) is 48.0 Å². The summed E-state index contributed by atoms with van der Waals surface area (Å²) >= 11 is 5.40. The molecule has 1 amide bonds. The van der Waals surface area contributed by atoms with Gasteiger partial charge in [-0.05, 0) is 22.4 Å². The third kappa shape index (κ3) is 2.52. The number of rotatable bonds is 3. The summed E-state index contributed by atoms with van der Waals surface area (Å²) in [6.07, 6.45) is 0. The fraction of sp³-hybridized carbons (Fsp3) is 0.154. The molecule has 0 radical (unpaired) electrons. The summed E-state index contributed by atoms with van der Waals surface area (Å²) in [6, 6.07) is 14.3. The summed E-state index contributed by atoms with van der Waals surface area (Å²) in [6.45, 7) is 0.524. The molecule has 0 bridgehead atoms. The van der Waals surface area contributed by atoms with Crippen LogP contribution in [0.5, 0.6) is 0 Å². The van der Waals surface area contributed by atoms with E-state index in [9.17, 15) is 4.79 Å². The number of amides is 1. The number of carbonyl (C=O) groups excluding carboxylic acids is 1. The molecule has 0 aliphatic rings. The molecular weight excluding hydrogens is 222 g/mol. The molecule has 0 spiro atoms. The van der Waals surface area contributed by atoms with Gasteiger partial charge in [-0.15, -0.1) is 11.6 Å². The van der Waals surface area contributed by atoms with Gasteiger partial charge in [0.2, 0.25) is 5.91 Å². The smallest absolute Gasteiger partial charge is 0.235 e. The molecule has 3 heteroatoms. The van der Waals surface area contributed by atoms with Gasteiger partial charge in [-0.25, -0.2) is 0 Å². The van der Waals surface area contributed by atoms with Crippen molar-refractivity contribution in [2.24, 2.45) is 0 Å². The summed E-state index contributed by atoms with van der Waals surface area (Å²) in [4.78, 5) is 11.0. The van der Waals surface area contributed by atoms with E-state index in [0.29, 0.717) is 6.54 Å². The van der Waals surface area contributed by atoms with Gasteiger partial charge < -0.3 is 5.32 Å². The van der Waals surface area contributed by atoms with Crippen molar-refractivity contribution >= 4 is 28.3 Å². The zero-order valence-corrected chi connectivity index (χ0v) is 9.50. The molecule has 0 atom stereocenters. The quantitative estimate of drug-likeness (QED) is 0.812. The zero-order valence-electron chi connectivity index (χ0n) is 8.74. The van der Waals surface area contributed by atoms with Crippen molar-refractivity contribution in [3.63, 3.8) is 0 Å². The Kier molecular flexibility index (Phi) is 3.42. The fourth-order valence-corrected chi connectivity index (χ4v) is 1.69. The molecule has 0 aromatic heterocycles. The lowest BCUT2D eigenvalue weighted by atomic mass is 10.1. The molecule has 0 fully saturated rings. The van der Waals surface area contributed by atoms with E-state index in [0.717, 1.165) is 5.56 Å². The molecule has 2 nitrogen and oxygen atoms in total. The van der Waals surface area contributed by atoms with Crippen LogP contribution in [0.2, 0.25) is 0 Å². The number of nitrogens with one attached hydrogen (secondary N) is 1. The molecule has 0 saturated heterocycles. The van der Waals surface area contributed by atoms with Crippen LogP contribution in [0.3, 0.4) is 0 Å². The Morgan fingerprint density at radius 2 is 1.88 bits per heavy atom. The molecule has 16 heavy (non-hydrogen) atoms. The fourth-order valence-electron chi connectivity index (χ4n) is 1.60. The van der Waals surface area contributed by atoms with Crippen LogP contribution >= 0.6 is 11.6 Å². The first-order chi connectivity index (χ1) is 7.79. The molecule has 0 aliphatic carbocycles. The number of hydrogen-bond donors (Lipinski definition) is 1. The highest BCUT2D eigenvalue weighted by molar-refractivity contribution is 6.27. The average Bonchev–Trinajstić information content (AvgIpc) is 2.35. The van der Waals surface area contributed by atoms with Gasteiger partial charge in [0.15, 0.2) is 0 Å². The summed E-state index contributed by atoms with van der Waals surface area (Å²) in [5.41, 5.74) is 1.08. The van der Waals surface area contributed by atoms with Crippen molar-refractivity contribution in [1.82, 2.24) is 5.32 Å². The predicted molar refractivity (Wildman–Crippen MR) is 66.5 cm³/mol. The second-order valence-electron chi connectivity index (χ2n) is 3.59. The molecule has 82 valence electrons. The van der Waals surface area contributed by atoms with Crippen LogP contribution in [0.1, 0.15) is 5.56 Å². The van der Waals surface area contributed by atoms with Gasteiger partial charge in [-0.1, -0.05) is 36.4 Å². The summed E-state index contributed by atoms with van der Waals surface area (Å²) in [5, 5.41) is 5.13. The highest BCUT2D eigenvalue weighted by Crippen LogP contribution is 2.15. The Hall–Kier alpha value is -1.54. The third-order valence-electron chi connectivity index (χ3n) is 2.42. The van der Waals surface area contributed by atoms with E-state index in [-0.39, 0.29) is 11.8 Å². The van der Waals surface area contributed by atoms with E-state index in [1.54, 1.807) is 0 Å². The first-order valence-corrected chi connectivity index (χ1v) is 5.63. The third-order valence-corrected chi connectivity index (χ3v) is 2.67. The molecule has 2 aromatic carbocycles. The van der Waals surface area contributed by atoms with E-state index in [1.807, 2.05) is 18.2 Å². The zero-order chi connectivity index (χ0) is 11.4. The first kappa shape index (κ1) is 11.0. The minimum atomic E-state index is -0.144. The Morgan fingerprint density at radius 1 is 1.12 bits per heavy atom. The Balaban J connectivity index is 2.16. The SMILES string of the molecule is O=C(CCl)NCc1ccc2ccccc2c1. The summed E-state index contributed by atoms with van der Waals surface area (Å²) in [7, 11) is 0. The average molecular weight is 234 g/mol. The van der Waals surface area contributed by atoms with Gasteiger partial charge in [0.05, 0.1) is 0 Å². The van der Waals surface area contributed by atoms with Crippen LogP contribution in [0.15, 0.2) is 42.5 Å². The van der Waals surface area contributed by atoms with Crippen LogP contribution in [0.25, 0.3) is 10.8 Å². The maximum Gasteiger partial charge on any atom is 0.235 e. The second-order valence-corrected chi connectivity index (χ2v) is 3.86. The number of carbonyl (C=O) groups is 1. The van der Waals surface area contributed by atoms with E-state index in [2.05, 4.69) is 29.6 Å². The van der Waals surface area contributed by atoms with E-state index in [4.69, 9.17) is 11.6 Å². The van der Waals surface area contributed by atoms with Crippen molar-refractivity contribution in [1.29, 1.82) is 0 Å². The largest absolute Gasteiger partial charge is 0.351 e. The normalized spacial score (nSPS) is 10.3. The molecular formula is C13H12ClNO. The lowest BCUT2D eigenvalue weighted by Gasteiger charge is -2.04. The molecule has 0 saturated carbocycles. The van der Waals surface area contributed by atoms with Crippen LogP contribution in [0, 0.1) is 0 Å². The summed E-state index contributed by atoms with van der Waals surface area (Å²) in [5.74, 6) is -0.136. The minimum absolute atomic E-state index is 0.00752. The summed E-state index contributed by atoms with van der Waals surface area (Å²) < 4.78 is 0. The van der Waals surface area contributed by atoms with Gasteiger partial charge in [0, 0.05) is 6.54 Å². The van der Waals surface area contributed by atoms with Gasteiger partial charge in [-0.3, -0.25) is 4.79 Å². The molecule has 0 unspecified atom stereocenters. The molecule has 1 N–H and O–H groups in total.